The van der Waals surface area contributed by atoms with Crippen molar-refractivity contribution in [2.75, 3.05) is 0 Å². The number of carbonyl (C=O) groups is 1. The van der Waals surface area contributed by atoms with Crippen LogP contribution >= 0.6 is 0 Å². The average molecular weight is 236 g/mol. The molecule has 3 rings (SSSR count). The van der Waals surface area contributed by atoms with Gasteiger partial charge in [-0.3, -0.25) is 4.90 Å². The third kappa shape index (κ3) is 1.99. The summed E-state index contributed by atoms with van der Waals surface area (Å²) in [5.74, 6) is 0.520. The van der Waals surface area contributed by atoms with Crippen LogP contribution in [-0.2, 0) is 4.74 Å². The summed E-state index contributed by atoms with van der Waals surface area (Å²) >= 11 is 0. The Kier molecular flexibility index (Phi) is 2.61. The van der Waals surface area contributed by atoms with Crippen LogP contribution < -0.4 is 0 Å². The molecule has 2 heterocycles. The fourth-order valence-corrected chi connectivity index (χ4v) is 3.09. The predicted octanol–water partition coefficient (Wildman–Crippen LogP) is 2.69. The van der Waals surface area contributed by atoms with Gasteiger partial charge >= 0.3 is 6.09 Å². The number of rotatable bonds is 0. The van der Waals surface area contributed by atoms with E-state index in [9.17, 15) is 10.1 Å². The van der Waals surface area contributed by atoms with Gasteiger partial charge < -0.3 is 4.74 Å². The van der Waals surface area contributed by atoms with Crippen LogP contribution in [0.15, 0.2) is 0 Å². The van der Waals surface area contributed by atoms with Crippen LogP contribution in [0.1, 0.15) is 47.0 Å². The highest BCUT2D eigenvalue weighted by Gasteiger charge is 2.59. The summed E-state index contributed by atoms with van der Waals surface area (Å²) in [7, 11) is 0. The van der Waals surface area contributed by atoms with E-state index in [4.69, 9.17) is 4.74 Å². The van der Waals surface area contributed by atoms with Crippen LogP contribution in [0.3, 0.4) is 0 Å². The molecule has 2 bridgehead atoms. The first-order valence-electron chi connectivity index (χ1n) is 6.21. The minimum absolute atomic E-state index is 0.202. The number of amides is 1. The molecule has 2 saturated heterocycles. The molecule has 0 spiro atoms. The Morgan fingerprint density at radius 3 is 2.65 bits per heavy atom. The van der Waals surface area contributed by atoms with Crippen molar-refractivity contribution in [3.63, 3.8) is 0 Å². The van der Waals surface area contributed by atoms with Crippen LogP contribution in [-0.4, -0.2) is 28.2 Å². The molecule has 0 aromatic rings. The molecule has 94 valence electrons. The lowest BCUT2D eigenvalue weighted by Crippen LogP contribution is -2.71. The zero-order chi connectivity index (χ0) is 12.8. The van der Waals surface area contributed by atoms with Gasteiger partial charge in [-0.05, 0) is 39.5 Å². The first kappa shape index (κ1) is 12.2. The maximum Gasteiger partial charge on any atom is 0.411 e. The van der Waals surface area contributed by atoms with Crippen molar-refractivity contribution in [3.8, 4) is 6.07 Å². The molecule has 3 aliphatic rings. The van der Waals surface area contributed by atoms with Gasteiger partial charge in [0.25, 0.3) is 0 Å². The second-order valence-electron chi connectivity index (χ2n) is 6.40. The van der Waals surface area contributed by atoms with E-state index in [0.717, 1.165) is 19.3 Å². The lowest BCUT2D eigenvalue weighted by atomic mass is 9.65. The van der Waals surface area contributed by atoms with Crippen molar-refractivity contribution in [1.82, 2.24) is 4.90 Å². The Morgan fingerprint density at radius 2 is 2.12 bits per heavy atom. The Bertz CT molecular complexity index is 380. The van der Waals surface area contributed by atoms with Crippen LogP contribution in [0.4, 0.5) is 4.79 Å². The van der Waals surface area contributed by atoms with Crippen molar-refractivity contribution in [1.29, 1.82) is 5.26 Å². The summed E-state index contributed by atoms with van der Waals surface area (Å²) in [4.78, 5) is 13.7. The van der Waals surface area contributed by atoms with Gasteiger partial charge in [0.2, 0.25) is 0 Å². The maximum absolute atomic E-state index is 12.1. The van der Waals surface area contributed by atoms with Crippen LogP contribution in [0, 0.1) is 17.2 Å². The second-order valence-corrected chi connectivity index (χ2v) is 6.40. The fourth-order valence-electron chi connectivity index (χ4n) is 3.09. The summed E-state index contributed by atoms with van der Waals surface area (Å²) in [6, 6.07) is 2.52. The molecule has 1 saturated carbocycles. The van der Waals surface area contributed by atoms with E-state index in [1.165, 1.54) is 0 Å². The molecule has 17 heavy (non-hydrogen) atoms. The topological polar surface area (TPSA) is 53.3 Å². The van der Waals surface area contributed by atoms with Gasteiger partial charge in [0.1, 0.15) is 11.1 Å². The number of ether oxygens (including phenoxy) is 1. The van der Waals surface area contributed by atoms with Gasteiger partial charge in [-0.1, -0.05) is 6.92 Å². The molecule has 1 aliphatic carbocycles. The number of nitrogens with zero attached hydrogens (tertiary/aromatic N) is 2. The second kappa shape index (κ2) is 3.63. The van der Waals surface area contributed by atoms with E-state index in [-0.39, 0.29) is 12.1 Å². The van der Waals surface area contributed by atoms with Gasteiger partial charge in [0.15, 0.2) is 0 Å². The summed E-state index contributed by atoms with van der Waals surface area (Å²) < 4.78 is 5.38. The molecule has 1 amide bonds. The Hall–Kier alpha value is -1.24. The lowest BCUT2D eigenvalue weighted by molar-refractivity contribution is -0.0953. The molecular weight excluding hydrogens is 216 g/mol. The van der Waals surface area contributed by atoms with E-state index in [2.05, 4.69) is 13.0 Å². The fraction of sp³-hybridized carbons (Fsp3) is 0.846. The Labute approximate surface area is 103 Å². The third-order valence-corrected chi connectivity index (χ3v) is 3.56. The minimum Gasteiger partial charge on any atom is -0.444 e. The zero-order valence-corrected chi connectivity index (χ0v) is 11.0. The minimum atomic E-state index is -0.593. The number of hydrogen-bond acceptors (Lipinski definition) is 3. The van der Waals surface area contributed by atoms with Crippen LogP contribution in [0.25, 0.3) is 0 Å². The molecule has 4 nitrogen and oxygen atoms in total. The van der Waals surface area contributed by atoms with Gasteiger partial charge in [-0.15, -0.1) is 0 Å². The number of hydrogen-bond donors (Lipinski definition) is 0. The first-order chi connectivity index (χ1) is 7.77. The maximum atomic E-state index is 12.1. The van der Waals surface area contributed by atoms with Crippen LogP contribution in [0.5, 0.6) is 0 Å². The summed E-state index contributed by atoms with van der Waals surface area (Å²) in [6.45, 7) is 7.69. The number of piperidine rings is 1. The quantitative estimate of drug-likeness (QED) is 0.649. The number of nitriles is 1. The molecule has 0 radical (unpaired) electrons. The summed E-state index contributed by atoms with van der Waals surface area (Å²) in [5.41, 5.74) is -1.09. The lowest BCUT2D eigenvalue weighted by Gasteiger charge is -2.59. The van der Waals surface area contributed by atoms with E-state index < -0.39 is 11.1 Å². The smallest absolute Gasteiger partial charge is 0.411 e. The average Bonchev–Trinajstić information content (AvgIpc) is 2.12. The van der Waals surface area contributed by atoms with Crippen molar-refractivity contribution >= 4 is 6.09 Å². The van der Waals surface area contributed by atoms with Crippen molar-refractivity contribution in [2.24, 2.45) is 5.92 Å². The molecular formula is C13H20N2O2. The standard InChI is InChI=1S/C13H20N2O2/c1-9-5-10-7-13(6-9,8-14)15(10)11(16)17-12(2,3)4/h9-10H,5-7H2,1-4H3/t9-,10?,13?/m1/s1. The normalized spacial score (nSPS) is 35.8. The SMILES string of the molecule is C[C@@H]1CC2CC(C#N)(C1)N2C(=O)OC(C)(C)C. The van der Waals surface area contributed by atoms with E-state index in [1.54, 1.807) is 4.90 Å². The monoisotopic (exact) mass is 236 g/mol. The first-order valence-corrected chi connectivity index (χ1v) is 6.21. The van der Waals surface area contributed by atoms with E-state index >= 15 is 0 Å². The van der Waals surface area contributed by atoms with E-state index in [0.29, 0.717) is 5.92 Å². The van der Waals surface area contributed by atoms with Gasteiger partial charge in [-0.25, -0.2) is 4.79 Å². The molecule has 2 unspecified atom stereocenters. The molecule has 0 aromatic heterocycles. The molecule has 0 aromatic carbocycles. The highest BCUT2D eigenvalue weighted by molar-refractivity contribution is 5.72. The Morgan fingerprint density at radius 1 is 1.47 bits per heavy atom. The number of carbonyl (C=O) groups excluding carboxylic acids is 1. The van der Waals surface area contributed by atoms with Crippen molar-refractivity contribution in [2.45, 2.75) is 64.1 Å². The predicted molar refractivity (Wildman–Crippen MR) is 63.2 cm³/mol. The highest BCUT2D eigenvalue weighted by Crippen LogP contribution is 2.49. The van der Waals surface area contributed by atoms with Crippen molar-refractivity contribution in [3.05, 3.63) is 0 Å². The zero-order valence-electron chi connectivity index (χ0n) is 11.0. The van der Waals surface area contributed by atoms with Gasteiger partial charge in [-0.2, -0.15) is 5.26 Å². The van der Waals surface area contributed by atoms with Gasteiger partial charge in [0, 0.05) is 12.5 Å². The number of fused-ring (bicyclic) bond motifs is 2. The highest BCUT2D eigenvalue weighted by atomic mass is 16.6. The molecule has 2 aliphatic heterocycles. The molecule has 4 heteroatoms. The molecule has 0 N–H and O–H groups in total. The third-order valence-electron chi connectivity index (χ3n) is 3.56. The summed E-state index contributed by atoms with van der Waals surface area (Å²) in [5, 5.41) is 9.32. The van der Waals surface area contributed by atoms with Crippen molar-refractivity contribution < 1.29 is 9.53 Å². The van der Waals surface area contributed by atoms with E-state index in [1.807, 2.05) is 20.8 Å². The summed E-state index contributed by atoms with van der Waals surface area (Å²) in [6.07, 6.45) is 2.25. The van der Waals surface area contributed by atoms with Gasteiger partial charge in [0.05, 0.1) is 6.07 Å². The Balaban J connectivity index is 2.13. The van der Waals surface area contributed by atoms with Crippen LogP contribution in [0.2, 0.25) is 0 Å². The largest absolute Gasteiger partial charge is 0.444 e. The molecule has 3 fully saturated rings. The molecule has 3 atom stereocenters.